The van der Waals surface area contributed by atoms with Gasteiger partial charge in [0.1, 0.15) is 0 Å². The lowest BCUT2D eigenvalue weighted by atomic mass is 10.1. The molecule has 0 spiro atoms. The number of aromatic nitrogens is 2. The van der Waals surface area contributed by atoms with Gasteiger partial charge in [0, 0.05) is 24.8 Å². The second kappa shape index (κ2) is 5.07. The molecule has 96 valence electrons. The van der Waals surface area contributed by atoms with Gasteiger partial charge in [-0.1, -0.05) is 0 Å². The standard InChI is InChI=1S/C11H20N4O2/c1-11(2,3)15(10(16)17)6-4-5-14-8-9(12)7-13-14/h7-8H,4-6,12H2,1-3H3,(H,16,17). The average molecular weight is 240 g/mol. The van der Waals surface area contributed by atoms with Crippen LogP contribution >= 0.6 is 0 Å². The lowest BCUT2D eigenvalue weighted by Crippen LogP contribution is -2.45. The predicted octanol–water partition coefficient (Wildman–Crippen LogP) is 1.63. The molecule has 17 heavy (non-hydrogen) atoms. The smallest absolute Gasteiger partial charge is 0.407 e. The lowest BCUT2D eigenvalue weighted by molar-refractivity contribution is 0.0984. The molecular weight excluding hydrogens is 220 g/mol. The van der Waals surface area contributed by atoms with Crippen LogP contribution in [0.3, 0.4) is 0 Å². The molecule has 1 heterocycles. The maximum absolute atomic E-state index is 11.1. The summed E-state index contributed by atoms with van der Waals surface area (Å²) in [6.45, 7) is 6.79. The van der Waals surface area contributed by atoms with Crippen molar-refractivity contribution in [3.05, 3.63) is 12.4 Å². The van der Waals surface area contributed by atoms with E-state index in [-0.39, 0.29) is 5.54 Å². The van der Waals surface area contributed by atoms with Crippen LogP contribution in [0.5, 0.6) is 0 Å². The summed E-state index contributed by atoms with van der Waals surface area (Å²) < 4.78 is 1.72. The topological polar surface area (TPSA) is 84.4 Å². The van der Waals surface area contributed by atoms with Gasteiger partial charge in [0.2, 0.25) is 0 Å². The Labute approximate surface area is 101 Å². The maximum atomic E-state index is 11.1. The Hall–Kier alpha value is -1.72. The molecule has 0 aliphatic rings. The molecule has 1 rings (SSSR count). The Balaban J connectivity index is 2.46. The van der Waals surface area contributed by atoms with E-state index in [0.29, 0.717) is 25.2 Å². The lowest BCUT2D eigenvalue weighted by Gasteiger charge is -2.33. The minimum atomic E-state index is -0.891. The highest BCUT2D eigenvalue weighted by atomic mass is 16.4. The number of hydrogen-bond donors (Lipinski definition) is 2. The molecule has 0 aliphatic heterocycles. The fraction of sp³-hybridized carbons (Fsp3) is 0.636. The van der Waals surface area contributed by atoms with Crippen molar-refractivity contribution >= 4 is 11.8 Å². The molecule has 0 unspecified atom stereocenters. The van der Waals surface area contributed by atoms with Gasteiger partial charge in [0.05, 0.1) is 11.9 Å². The molecule has 0 radical (unpaired) electrons. The Morgan fingerprint density at radius 3 is 2.65 bits per heavy atom. The normalized spacial score (nSPS) is 11.5. The van der Waals surface area contributed by atoms with Crippen molar-refractivity contribution in [3.63, 3.8) is 0 Å². The molecule has 0 saturated heterocycles. The number of rotatable bonds is 4. The molecule has 0 aliphatic carbocycles. The Kier molecular flexibility index (Phi) is 3.98. The van der Waals surface area contributed by atoms with Gasteiger partial charge in [-0.25, -0.2) is 4.79 Å². The van der Waals surface area contributed by atoms with E-state index in [0.717, 1.165) is 0 Å². The van der Waals surface area contributed by atoms with Crippen LogP contribution in [0, 0.1) is 0 Å². The molecule has 6 nitrogen and oxygen atoms in total. The number of nitrogens with zero attached hydrogens (tertiary/aromatic N) is 3. The van der Waals surface area contributed by atoms with Crippen LogP contribution < -0.4 is 5.73 Å². The van der Waals surface area contributed by atoms with Gasteiger partial charge in [-0.3, -0.25) is 4.68 Å². The van der Waals surface area contributed by atoms with E-state index in [9.17, 15) is 4.79 Å². The summed E-state index contributed by atoms with van der Waals surface area (Å²) in [5.74, 6) is 0. The molecule has 1 amide bonds. The minimum absolute atomic E-state index is 0.380. The van der Waals surface area contributed by atoms with Crippen LogP contribution in [0.15, 0.2) is 12.4 Å². The second-order valence-corrected chi connectivity index (χ2v) is 5.00. The van der Waals surface area contributed by atoms with E-state index < -0.39 is 6.09 Å². The van der Waals surface area contributed by atoms with Crippen LogP contribution in [0.25, 0.3) is 0 Å². The van der Waals surface area contributed by atoms with E-state index in [1.54, 1.807) is 17.1 Å². The first-order chi connectivity index (χ1) is 7.80. The first-order valence-electron chi connectivity index (χ1n) is 5.59. The SMILES string of the molecule is CC(C)(C)N(CCCn1cc(N)cn1)C(=O)O. The van der Waals surface area contributed by atoms with E-state index in [2.05, 4.69) is 5.10 Å². The van der Waals surface area contributed by atoms with Crippen LogP contribution in [-0.2, 0) is 6.54 Å². The molecule has 0 saturated carbocycles. The minimum Gasteiger partial charge on any atom is -0.465 e. The molecule has 3 N–H and O–H groups in total. The number of carbonyl (C=O) groups is 1. The fourth-order valence-electron chi connectivity index (χ4n) is 1.61. The highest BCUT2D eigenvalue weighted by molar-refractivity contribution is 5.65. The van der Waals surface area contributed by atoms with Crippen LogP contribution in [0.4, 0.5) is 10.5 Å². The van der Waals surface area contributed by atoms with Crippen molar-refractivity contribution in [2.45, 2.75) is 39.3 Å². The zero-order chi connectivity index (χ0) is 13.1. The zero-order valence-corrected chi connectivity index (χ0v) is 10.6. The molecule has 1 aromatic heterocycles. The van der Waals surface area contributed by atoms with Crippen LogP contribution in [0.1, 0.15) is 27.2 Å². The van der Waals surface area contributed by atoms with E-state index in [1.807, 2.05) is 20.8 Å². The van der Waals surface area contributed by atoms with E-state index in [4.69, 9.17) is 10.8 Å². The number of anilines is 1. The van der Waals surface area contributed by atoms with Gasteiger partial charge < -0.3 is 15.7 Å². The van der Waals surface area contributed by atoms with Gasteiger partial charge in [-0.15, -0.1) is 0 Å². The van der Waals surface area contributed by atoms with Crippen molar-refractivity contribution < 1.29 is 9.90 Å². The van der Waals surface area contributed by atoms with Crippen molar-refractivity contribution in [2.24, 2.45) is 0 Å². The predicted molar refractivity (Wildman–Crippen MR) is 65.7 cm³/mol. The van der Waals surface area contributed by atoms with Crippen molar-refractivity contribution in [3.8, 4) is 0 Å². The zero-order valence-electron chi connectivity index (χ0n) is 10.6. The van der Waals surface area contributed by atoms with Crippen molar-refractivity contribution in [1.29, 1.82) is 0 Å². The van der Waals surface area contributed by atoms with Gasteiger partial charge >= 0.3 is 6.09 Å². The second-order valence-electron chi connectivity index (χ2n) is 5.00. The number of hydrogen-bond acceptors (Lipinski definition) is 3. The van der Waals surface area contributed by atoms with Crippen molar-refractivity contribution in [2.75, 3.05) is 12.3 Å². The summed E-state index contributed by atoms with van der Waals surface area (Å²) in [5, 5.41) is 13.1. The first-order valence-corrected chi connectivity index (χ1v) is 5.59. The number of nitrogen functional groups attached to an aromatic ring is 1. The van der Waals surface area contributed by atoms with Crippen LogP contribution in [-0.4, -0.2) is 38.0 Å². The van der Waals surface area contributed by atoms with Crippen molar-refractivity contribution in [1.82, 2.24) is 14.7 Å². The summed E-state index contributed by atoms with van der Waals surface area (Å²) in [4.78, 5) is 12.5. The molecule has 0 aromatic carbocycles. The third-order valence-corrected chi connectivity index (χ3v) is 2.46. The summed E-state index contributed by atoms with van der Waals surface area (Å²) in [7, 11) is 0. The summed E-state index contributed by atoms with van der Waals surface area (Å²) in [5.41, 5.74) is 5.78. The molecular formula is C11H20N4O2. The van der Waals surface area contributed by atoms with Gasteiger partial charge in [0.15, 0.2) is 0 Å². The molecule has 6 heteroatoms. The maximum Gasteiger partial charge on any atom is 0.407 e. The highest BCUT2D eigenvalue weighted by Crippen LogP contribution is 2.14. The Bertz CT molecular complexity index is 381. The highest BCUT2D eigenvalue weighted by Gasteiger charge is 2.25. The van der Waals surface area contributed by atoms with Gasteiger partial charge in [0.25, 0.3) is 0 Å². The fourth-order valence-corrected chi connectivity index (χ4v) is 1.61. The number of nitrogens with two attached hydrogens (primary N) is 1. The molecule has 1 aromatic rings. The largest absolute Gasteiger partial charge is 0.465 e. The molecule has 0 fully saturated rings. The number of carboxylic acid groups (broad SMARTS) is 1. The molecule has 0 atom stereocenters. The van der Waals surface area contributed by atoms with E-state index >= 15 is 0 Å². The number of aryl methyl sites for hydroxylation is 1. The molecule has 0 bridgehead atoms. The third kappa shape index (κ3) is 3.97. The summed E-state index contributed by atoms with van der Waals surface area (Å²) in [6, 6.07) is 0. The quantitative estimate of drug-likeness (QED) is 0.837. The Morgan fingerprint density at radius 1 is 1.59 bits per heavy atom. The van der Waals surface area contributed by atoms with Crippen LogP contribution in [0.2, 0.25) is 0 Å². The summed E-state index contributed by atoms with van der Waals surface area (Å²) in [6.07, 6.45) is 3.14. The van der Waals surface area contributed by atoms with E-state index in [1.165, 1.54) is 4.90 Å². The average Bonchev–Trinajstić information content (AvgIpc) is 2.56. The van der Waals surface area contributed by atoms with Gasteiger partial charge in [-0.05, 0) is 27.2 Å². The van der Waals surface area contributed by atoms with Gasteiger partial charge in [-0.2, -0.15) is 5.10 Å². The third-order valence-electron chi connectivity index (χ3n) is 2.46. The Morgan fingerprint density at radius 2 is 2.24 bits per heavy atom. The monoisotopic (exact) mass is 240 g/mol. The summed E-state index contributed by atoms with van der Waals surface area (Å²) >= 11 is 0. The number of amides is 1. The first kappa shape index (κ1) is 13.3.